The number of aliphatic hydroxyl groups is 1. The average Bonchev–Trinajstić information content (AvgIpc) is 2.35. The Hall–Kier alpha value is -1.26. The zero-order valence-electron chi connectivity index (χ0n) is 13.1. The molecule has 0 saturated carbocycles. The van der Waals surface area contributed by atoms with Gasteiger partial charge in [0.15, 0.2) is 0 Å². The highest BCUT2D eigenvalue weighted by molar-refractivity contribution is 5.51. The monoisotopic (exact) mass is 279 g/mol. The largest absolute Gasteiger partial charge is 0.496 e. The summed E-state index contributed by atoms with van der Waals surface area (Å²) in [5.74, 6) is 1.56. The molecule has 112 valence electrons. The average molecular weight is 279 g/mol. The second kappa shape index (κ2) is 5.62. The molecule has 4 nitrogen and oxygen atoms in total. The lowest BCUT2D eigenvalue weighted by Crippen LogP contribution is -2.39. The summed E-state index contributed by atoms with van der Waals surface area (Å²) in [6.07, 6.45) is -0.536. The molecule has 0 fully saturated rings. The van der Waals surface area contributed by atoms with E-state index in [1.807, 2.05) is 12.1 Å². The third kappa shape index (κ3) is 3.07. The maximum Gasteiger partial charge on any atom is 0.125 e. The fourth-order valence-corrected chi connectivity index (χ4v) is 2.94. The van der Waals surface area contributed by atoms with E-state index in [-0.39, 0.29) is 5.41 Å². The molecule has 0 aromatic heterocycles. The van der Waals surface area contributed by atoms with Crippen LogP contribution in [0.5, 0.6) is 11.5 Å². The van der Waals surface area contributed by atoms with Gasteiger partial charge in [-0.3, -0.25) is 4.90 Å². The van der Waals surface area contributed by atoms with Crippen LogP contribution in [0.1, 0.15) is 38.0 Å². The number of rotatable bonds is 3. The summed E-state index contributed by atoms with van der Waals surface area (Å²) in [6, 6.07) is 3.77. The number of hydrogen-bond acceptors (Lipinski definition) is 4. The van der Waals surface area contributed by atoms with Crippen LogP contribution in [0.2, 0.25) is 0 Å². The molecule has 1 atom stereocenters. The summed E-state index contributed by atoms with van der Waals surface area (Å²) in [4.78, 5) is 2.27. The van der Waals surface area contributed by atoms with E-state index in [1.54, 1.807) is 14.2 Å². The van der Waals surface area contributed by atoms with Crippen LogP contribution in [-0.2, 0) is 6.54 Å². The summed E-state index contributed by atoms with van der Waals surface area (Å²) >= 11 is 0. The topological polar surface area (TPSA) is 41.9 Å². The summed E-state index contributed by atoms with van der Waals surface area (Å²) in [6.45, 7) is 8.97. The molecule has 0 saturated heterocycles. The minimum atomic E-state index is -0.536. The third-order valence-electron chi connectivity index (χ3n) is 3.56. The molecule has 1 aliphatic heterocycles. The molecule has 1 N–H and O–H groups in total. The van der Waals surface area contributed by atoms with E-state index in [0.29, 0.717) is 6.54 Å². The van der Waals surface area contributed by atoms with Crippen LogP contribution in [-0.4, -0.2) is 37.3 Å². The van der Waals surface area contributed by atoms with E-state index >= 15 is 0 Å². The van der Waals surface area contributed by atoms with Gasteiger partial charge in [-0.25, -0.2) is 0 Å². The maximum atomic E-state index is 10.5. The fourth-order valence-electron chi connectivity index (χ4n) is 2.94. The van der Waals surface area contributed by atoms with E-state index in [0.717, 1.165) is 35.7 Å². The molecule has 0 spiro atoms. The number of hydrogen-bond donors (Lipinski definition) is 1. The number of aliphatic hydroxyl groups excluding tert-OH is 1. The normalized spacial score (nSPS) is 19.6. The summed E-state index contributed by atoms with van der Waals surface area (Å²) in [5, 5.41) is 10.5. The summed E-state index contributed by atoms with van der Waals surface area (Å²) in [7, 11) is 3.30. The fraction of sp³-hybridized carbons (Fsp3) is 0.625. The minimum Gasteiger partial charge on any atom is -0.496 e. The van der Waals surface area contributed by atoms with Gasteiger partial charge in [0.25, 0.3) is 0 Å². The first-order chi connectivity index (χ1) is 9.35. The molecule has 0 amide bonds. The summed E-state index contributed by atoms with van der Waals surface area (Å²) < 4.78 is 10.8. The Morgan fingerprint density at radius 2 is 1.80 bits per heavy atom. The zero-order valence-corrected chi connectivity index (χ0v) is 13.1. The van der Waals surface area contributed by atoms with Crippen LogP contribution in [0.15, 0.2) is 12.1 Å². The lowest BCUT2D eigenvalue weighted by Gasteiger charge is -2.37. The van der Waals surface area contributed by atoms with Crippen molar-refractivity contribution in [3.63, 3.8) is 0 Å². The van der Waals surface area contributed by atoms with Crippen molar-refractivity contribution >= 4 is 0 Å². The second-order valence-electron chi connectivity index (χ2n) is 6.61. The number of β-amino-alcohol motifs (C(OH)–C–C–N with tert-alkyl or cyclic N) is 1. The molecule has 2 rings (SSSR count). The van der Waals surface area contributed by atoms with Crippen molar-refractivity contribution in [3.05, 3.63) is 23.3 Å². The first-order valence-corrected chi connectivity index (χ1v) is 7.00. The van der Waals surface area contributed by atoms with Crippen LogP contribution >= 0.6 is 0 Å². The molecule has 0 radical (unpaired) electrons. The molecule has 1 aromatic carbocycles. The van der Waals surface area contributed by atoms with Gasteiger partial charge in [0, 0.05) is 30.8 Å². The first-order valence-electron chi connectivity index (χ1n) is 7.00. The van der Waals surface area contributed by atoms with Crippen LogP contribution in [0.3, 0.4) is 0 Å². The molecule has 0 bridgehead atoms. The van der Waals surface area contributed by atoms with Gasteiger partial charge in [-0.1, -0.05) is 20.8 Å². The third-order valence-corrected chi connectivity index (χ3v) is 3.56. The van der Waals surface area contributed by atoms with Crippen LogP contribution in [0.4, 0.5) is 0 Å². The lowest BCUT2D eigenvalue weighted by molar-refractivity contribution is 0.0686. The number of benzene rings is 1. The highest BCUT2D eigenvalue weighted by atomic mass is 16.5. The zero-order chi connectivity index (χ0) is 14.9. The van der Waals surface area contributed by atoms with Gasteiger partial charge in [-0.2, -0.15) is 0 Å². The predicted molar refractivity (Wildman–Crippen MR) is 79.2 cm³/mol. The van der Waals surface area contributed by atoms with Crippen LogP contribution in [0, 0.1) is 5.41 Å². The number of fused-ring (bicyclic) bond motifs is 1. The first kappa shape index (κ1) is 15.1. The van der Waals surface area contributed by atoms with E-state index in [2.05, 4.69) is 25.7 Å². The van der Waals surface area contributed by atoms with E-state index in [9.17, 15) is 5.11 Å². The Kier molecular flexibility index (Phi) is 4.25. The van der Waals surface area contributed by atoms with E-state index in [1.165, 1.54) is 0 Å². The van der Waals surface area contributed by atoms with Gasteiger partial charge >= 0.3 is 0 Å². The molecule has 1 aromatic rings. The van der Waals surface area contributed by atoms with Gasteiger partial charge in [-0.15, -0.1) is 0 Å². The Morgan fingerprint density at radius 1 is 1.20 bits per heavy atom. The predicted octanol–water partition coefficient (Wildman–Crippen LogP) is 2.60. The second-order valence-corrected chi connectivity index (χ2v) is 6.61. The molecule has 0 aliphatic carbocycles. The number of methoxy groups -OCH3 is 2. The van der Waals surface area contributed by atoms with Crippen molar-refractivity contribution in [2.45, 2.75) is 33.4 Å². The lowest BCUT2D eigenvalue weighted by atomic mass is 9.91. The van der Waals surface area contributed by atoms with Gasteiger partial charge in [-0.05, 0) is 17.5 Å². The van der Waals surface area contributed by atoms with Gasteiger partial charge in [0.2, 0.25) is 0 Å². The molecule has 4 heteroatoms. The molecule has 20 heavy (non-hydrogen) atoms. The standard InChI is InChI=1S/C16H25NO3/c1-16(2,3)10-17-8-11-13(19-4)6-7-14(20-5)15(11)12(18)9-17/h6-7,12,18H,8-10H2,1-5H3. The van der Waals surface area contributed by atoms with Gasteiger partial charge < -0.3 is 14.6 Å². The van der Waals surface area contributed by atoms with Crippen molar-refractivity contribution < 1.29 is 14.6 Å². The van der Waals surface area contributed by atoms with Crippen molar-refractivity contribution in [3.8, 4) is 11.5 Å². The van der Waals surface area contributed by atoms with E-state index < -0.39 is 6.10 Å². The Bertz CT molecular complexity index is 479. The Labute approximate surface area is 121 Å². The van der Waals surface area contributed by atoms with Crippen LogP contribution in [0.25, 0.3) is 0 Å². The number of ether oxygens (including phenoxy) is 2. The number of nitrogens with zero attached hydrogens (tertiary/aromatic N) is 1. The molecule has 1 heterocycles. The molecular weight excluding hydrogens is 254 g/mol. The molecule has 1 aliphatic rings. The van der Waals surface area contributed by atoms with Crippen molar-refractivity contribution in [1.29, 1.82) is 0 Å². The summed E-state index contributed by atoms with van der Waals surface area (Å²) in [5.41, 5.74) is 2.11. The quantitative estimate of drug-likeness (QED) is 0.923. The maximum absolute atomic E-state index is 10.5. The van der Waals surface area contributed by atoms with Crippen molar-refractivity contribution in [2.24, 2.45) is 5.41 Å². The highest BCUT2D eigenvalue weighted by Gasteiger charge is 2.31. The van der Waals surface area contributed by atoms with Crippen LogP contribution < -0.4 is 9.47 Å². The highest BCUT2D eigenvalue weighted by Crippen LogP contribution is 2.39. The Morgan fingerprint density at radius 3 is 2.35 bits per heavy atom. The minimum absolute atomic E-state index is 0.198. The van der Waals surface area contributed by atoms with Crippen molar-refractivity contribution in [2.75, 3.05) is 27.3 Å². The molecular formula is C16H25NO3. The Balaban J connectivity index is 2.37. The molecule has 1 unspecified atom stereocenters. The van der Waals surface area contributed by atoms with E-state index in [4.69, 9.17) is 9.47 Å². The smallest absolute Gasteiger partial charge is 0.125 e. The van der Waals surface area contributed by atoms with Crippen molar-refractivity contribution in [1.82, 2.24) is 4.90 Å². The van der Waals surface area contributed by atoms with Gasteiger partial charge in [0.1, 0.15) is 11.5 Å². The SMILES string of the molecule is COc1ccc(OC)c2c1CN(CC(C)(C)C)CC2O. The van der Waals surface area contributed by atoms with Gasteiger partial charge in [0.05, 0.1) is 20.3 Å².